The molecule has 1 N–H and O–H groups in total. The fourth-order valence-corrected chi connectivity index (χ4v) is 1.74. The predicted octanol–water partition coefficient (Wildman–Crippen LogP) is 4.17. The largest absolute Gasteiger partial charge is 0.313 e. The molecule has 1 nitrogen and oxygen atoms in total. The molecule has 0 unspecified atom stereocenters. The Hall–Kier alpha value is -1.15. The molecule has 1 aromatic rings. The standard InChI is InChI=1S/C16H24FN/c1-5-8-18-11-15(12(2)3)9-14-7-6-13(4)16(17)10-14/h6-7,9-10,12,18H,5,8,11H2,1-4H3. The van der Waals surface area contributed by atoms with E-state index in [1.807, 2.05) is 12.1 Å². The molecule has 0 fully saturated rings. The van der Waals surface area contributed by atoms with E-state index >= 15 is 0 Å². The Morgan fingerprint density at radius 3 is 2.67 bits per heavy atom. The van der Waals surface area contributed by atoms with Gasteiger partial charge < -0.3 is 5.32 Å². The van der Waals surface area contributed by atoms with E-state index in [1.54, 1.807) is 13.0 Å². The van der Waals surface area contributed by atoms with Gasteiger partial charge in [-0.25, -0.2) is 4.39 Å². The van der Waals surface area contributed by atoms with Gasteiger partial charge in [0.1, 0.15) is 5.82 Å². The Kier molecular flexibility index (Phi) is 6.06. The molecule has 0 radical (unpaired) electrons. The highest BCUT2D eigenvalue weighted by Gasteiger charge is 2.04. The monoisotopic (exact) mass is 249 g/mol. The smallest absolute Gasteiger partial charge is 0.126 e. The lowest BCUT2D eigenvalue weighted by Crippen LogP contribution is -2.19. The molecule has 0 bridgehead atoms. The summed E-state index contributed by atoms with van der Waals surface area (Å²) in [6, 6.07) is 5.41. The number of hydrogen-bond donors (Lipinski definition) is 1. The Labute approximate surface area is 110 Å². The summed E-state index contributed by atoms with van der Waals surface area (Å²) >= 11 is 0. The minimum absolute atomic E-state index is 0.131. The minimum atomic E-state index is -0.131. The summed E-state index contributed by atoms with van der Waals surface area (Å²) in [6.07, 6.45) is 3.22. The average Bonchev–Trinajstić information content (AvgIpc) is 2.32. The lowest BCUT2D eigenvalue weighted by Gasteiger charge is -2.13. The van der Waals surface area contributed by atoms with E-state index in [-0.39, 0.29) is 5.82 Å². The van der Waals surface area contributed by atoms with Crippen molar-refractivity contribution in [3.63, 3.8) is 0 Å². The van der Waals surface area contributed by atoms with Gasteiger partial charge >= 0.3 is 0 Å². The average molecular weight is 249 g/mol. The molecule has 0 atom stereocenters. The van der Waals surface area contributed by atoms with Crippen LogP contribution in [0, 0.1) is 18.7 Å². The van der Waals surface area contributed by atoms with Crippen molar-refractivity contribution in [3.8, 4) is 0 Å². The van der Waals surface area contributed by atoms with E-state index in [2.05, 4.69) is 32.2 Å². The Morgan fingerprint density at radius 2 is 2.11 bits per heavy atom. The fourth-order valence-electron chi connectivity index (χ4n) is 1.74. The quantitative estimate of drug-likeness (QED) is 0.746. The van der Waals surface area contributed by atoms with Crippen molar-refractivity contribution in [2.45, 2.75) is 34.1 Å². The van der Waals surface area contributed by atoms with Gasteiger partial charge in [-0.05, 0) is 43.0 Å². The fraction of sp³-hybridized carbons (Fsp3) is 0.500. The third-order valence-corrected chi connectivity index (χ3v) is 3.05. The second-order valence-electron chi connectivity index (χ2n) is 5.06. The van der Waals surface area contributed by atoms with E-state index in [0.29, 0.717) is 11.5 Å². The maximum absolute atomic E-state index is 13.5. The maximum atomic E-state index is 13.5. The van der Waals surface area contributed by atoms with Gasteiger partial charge in [-0.15, -0.1) is 0 Å². The highest BCUT2D eigenvalue weighted by atomic mass is 19.1. The summed E-state index contributed by atoms with van der Waals surface area (Å²) in [4.78, 5) is 0. The van der Waals surface area contributed by atoms with Crippen LogP contribution in [-0.4, -0.2) is 13.1 Å². The van der Waals surface area contributed by atoms with Gasteiger partial charge in [-0.1, -0.05) is 44.6 Å². The first kappa shape index (κ1) is 14.9. The van der Waals surface area contributed by atoms with Crippen molar-refractivity contribution in [2.24, 2.45) is 5.92 Å². The summed E-state index contributed by atoms with van der Waals surface area (Å²) in [5.41, 5.74) is 2.95. The Bertz CT molecular complexity index is 408. The van der Waals surface area contributed by atoms with Crippen LogP contribution >= 0.6 is 0 Å². The second-order valence-corrected chi connectivity index (χ2v) is 5.06. The normalized spacial score (nSPS) is 12.2. The van der Waals surface area contributed by atoms with Crippen molar-refractivity contribution >= 4 is 6.08 Å². The molecule has 0 aliphatic rings. The topological polar surface area (TPSA) is 12.0 Å². The van der Waals surface area contributed by atoms with Gasteiger partial charge in [0, 0.05) is 6.54 Å². The van der Waals surface area contributed by atoms with E-state index in [9.17, 15) is 4.39 Å². The van der Waals surface area contributed by atoms with Crippen LogP contribution in [0.2, 0.25) is 0 Å². The van der Waals surface area contributed by atoms with Crippen LogP contribution in [0.1, 0.15) is 38.3 Å². The van der Waals surface area contributed by atoms with Crippen LogP contribution in [0.4, 0.5) is 4.39 Å². The third-order valence-electron chi connectivity index (χ3n) is 3.05. The number of aryl methyl sites for hydroxylation is 1. The summed E-state index contributed by atoms with van der Waals surface area (Å²) in [7, 11) is 0. The number of nitrogens with one attached hydrogen (secondary N) is 1. The predicted molar refractivity (Wildman–Crippen MR) is 77.1 cm³/mol. The van der Waals surface area contributed by atoms with Crippen molar-refractivity contribution < 1.29 is 4.39 Å². The van der Waals surface area contributed by atoms with E-state index < -0.39 is 0 Å². The molecule has 0 saturated heterocycles. The zero-order valence-corrected chi connectivity index (χ0v) is 11.9. The molecule has 0 aromatic heterocycles. The molecule has 0 spiro atoms. The zero-order valence-electron chi connectivity index (χ0n) is 11.9. The molecular weight excluding hydrogens is 225 g/mol. The molecule has 0 amide bonds. The number of rotatable bonds is 6. The van der Waals surface area contributed by atoms with Crippen LogP contribution in [-0.2, 0) is 0 Å². The van der Waals surface area contributed by atoms with Gasteiger partial charge in [0.25, 0.3) is 0 Å². The maximum Gasteiger partial charge on any atom is 0.126 e. The summed E-state index contributed by atoms with van der Waals surface area (Å²) < 4.78 is 13.5. The summed E-state index contributed by atoms with van der Waals surface area (Å²) in [6.45, 7) is 10.2. The molecule has 1 rings (SSSR count). The van der Waals surface area contributed by atoms with Crippen LogP contribution < -0.4 is 5.32 Å². The van der Waals surface area contributed by atoms with Crippen LogP contribution in [0.3, 0.4) is 0 Å². The second kappa shape index (κ2) is 7.32. The van der Waals surface area contributed by atoms with Gasteiger partial charge in [0.15, 0.2) is 0 Å². The third kappa shape index (κ3) is 4.61. The minimum Gasteiger partial charge on any atom is -0.313 e. The number of benzene rings is 1. The molecule has 0 aliphatic carbocycles. The highest BCUT2D eigenvalue weighted by Crippen LogP contribution is 2.16. The zero-order chi connectivity index (χ0) is 13.5. The van der Waals surface area contributed by atoms with Crippen molar-refractivity contribution in [2.75, 3.05) is 13.1 Å². The molecule has 18 heavy (non-hydrogen) atoms. The summed E-state index contributed by atoms with van der Waals surface area (Å²) in [5.74, 6) is 0.340. The Balaban J connectivity index is 2.83. The first-order valence-corrected chi connectivity index (χ1v) is 6.72. The first-order chi connectivity index (χ1) is 8.54. The van der Waals surface area contributed by atoms with Crippen LogP contribution in [0.25, 0.3) is 6.08 Å². The molecule has 2 heteroatoms. The van der Waals surface area contributed by atoms with Crippen molar-refractivity contribution in [1.82, 2.24) is 5.32 Å². The SMILES string of the molecule is CCCNCC(=Cc1ccc(C)c(F)c1)C(C)C. The molecule has 0 aliphatic heterocycles. The van der Waals surface area contributed by atoms with Gasteiger partial charge in [0.2, 0.25) is 0 Å². The van der Waals surface area contributed by atoms with E-state index in [0.717, 1.165) is 25.1 Å². The lowest BCUT2D eigenvalue weighted by molar-refractivity contribution is 0.618. The van der Waals surface area contributed by atoms with Gasteiger partial charge in [-0.3, -0.25) is 0 Å². The molecule has 1 aromatic carbocycles. The first-order valence-electron chi connectivity index (χ1n) is 6.72. The lowest BCUT2D eigenvalue weighted by atomic mass is 9.99. The van der Waals surface area contributed by atoms with Crippen molar-refractivity contribution in [3.05, 3.63) is 40.7 Å². The number of halogens is 1. The van der Waals surface area contributed by atoms with Crippen LogP contribution in [0.5, 0.6) is 0 Å². The van der Waals surface area contributed by atoms with E-state index in [4.69, 9.17) is 0 Å². The van der Waals surface area contributed by atoms with Gasteiger partial charge in [-0.2, -0.15) is 0 Å². The molecule has 0 heterocycles. The van der Waals surface area contributed by atoms with Gasteiger partial charge in [0.05, 0.1) is 0 Å². The molecule has 100 valence electrons. The molecular formula is C16H24FN. The Morgan fingerprint density at radius 1 is 1.39 bits per heavy atom. The van der Waals surface area contributed by atoms with Crippen molar-refractivity contribution in [1.29, 1.82) is 0 Å². The number of hydrogen-bond acceptors (Lipinski definition) is 1. The van der Waals surface area contributed by atoms with Crippen LogP contribution in [0.15, 0.2) is 23.8 Å². The highest BCUT2D eigenvalue weighted by molar-refractivity contribution is 5.54. The van der Waals surface area contributed by atoms with E-state index in [1.165, 1.54) is 5.57 Å². The summed E-state index contributed by atoms with van der Waals surface area (Å²) in [5, 5.41) is 3.40. The molecule has 0 saturated carbocycles.